The van der Waals surface area contributed by atoms with Crippen molar-refractivity contribution < 1.29 is 22.8 Å². The molecule has 0 radical (unpaired) electrons. The fraction of sp³-hybridized carbons (Fsp3) is 0.0769. The van der Waals surface area contributed by atoms with Gasteiger partial charge in [-0.3, -0.25) is 9.69 Å². The molecule has 37 heavy (non-hydrogen) atoms. The van der Waals surface area contributed by atoms with Crippen LogP contribution in [-0.4, -0.2) is 32.3 Å². The quantitative estimate of drug-likeness (QED) is 0.178. The molecule has 5 rings (SSSR count). The van der Waals surface area contributed by atoms with Crippen molar-refractivity contribution in [3.8, 4) is 0 Å². The van der Waals surface area contributed by atoms with Crippen LogP contribution in [0, 0.1) is 0 Å². The number of carbonyl (C=O) groups excluding carboxylic acids is 2. The number of halogens is 3. The van der Waals surface area contributed by atoms with Gasteiger partial charge in [0.1, 0.15) is 17.3 Å². The molecule has 2 aromatic carbocycles. The van der Waals surface area contributed by atoms with Crippen LogP contribution in [0.25, 0.3) is 10.9 Å². The zero-order valence-corrected chi connectivity index (χ0v) is 19.9. The third-order valence-electron chi connectivity index (χ3n) is 5.55. The minimum absolute atomic E-state index is 0.0405. The first kappa shape index (κ1) is 24.3. The molecule has 1 N–H and O–H groups in total. The Bertz CT molecular complexity index is 1520. The number of nitrogens with zero attached hydrogens (tertiary/aromatic N) is 4. The summed E-state index contributed by atoms with van der Waals surface area (Å²) in [5.74, 6) is 0.450. The predicted molar refractivity (Wildman–Crippen MR) is 135 cm³/mol. The maximum absolute atomic E-state index is 13.1. The third kappa shape index (κ3) is 5.26. The second-order valence-corrected chi connectivity index (χ2v) is 9.20. The van der Waals surface area contributed by atoms with Crippen LogP contribution in [0.15, 0.2) is 96.2 Å². The molecule has 1 fully saturated rings. The second-order valence-electron chi connectivity index (χ2n) is 8.06. The van der Waals surface area contributed by atoms with Gasteiger partial charge < -0.3 is 5.32 Å². The number of thioether (sulfide) groups is 1. The number of rotatable bonds is 6. The van der Waals surface area contributed by atoms with Gasteiger partial charge in [-0.2, -0.15) is 13.2 Å². The maximum Gasteiger partial charge on any atom is 0.446 e. The van der Waals surface area contributed by atoms with Gasteiger partial charge in [0.25, 0.3) is 5.91 Å². The number of para-hydroxylation sites is 1. The van der Waals surface area contributed by atoms with Crippen LogP contribution in [0.4, 0.5) is 35.3 Å². The van der Waals surface area contributed by atoms with E-state index in [4.69, 9.17) is 0 Å². The van der Waals surface area contributed by atoms with E-state index in [0.717, 1.165) is 15.8 Å². The van der Waals surface area contributed by atoms with Crippen molar-refractivity contribution in [1.29, 1.82) is 0 Å². The Morgan fingerprint density at radius 3 is 2.46 bits per heavy atom. The van der Waals surface area contributed by atoms with E-state index in [-0.39, 0.29) is 34.6 Å². The number of aromatic nitrogens is 2. The van der Waals surface area contributed by atoms with Gasteiger partial charge in [0, 0.05) is 16.5 Å². The highest BCUT2D eigenvalue weighted by Crippen LogP contribution is 2.38. The highest BCUT2D eigenvalue weighted by Gasteiger charge is 2.41. The van der Waals surface area contributed by atoms with E-state index in [1.807, 2.05) is 36.4 Å². The molecule has 3 heterocycles. The van der Waals surface area contributed by atoms with Gasteiger partial charge in [-0.05, 0) is 71.9 Å². The van der Waals surface area contributed by atoms with Gasteiger partial charge in [-0.25, -0.2) is 19.7 Å². The lowest BCUT2D eigenvalue weighted by Crippen LogP contribution is -2.32. The second kappa shape index (κ2) is 9.58. The Kier molecular flexibility index (Phi) is 6.30. The van der Waals surface area contributed by atoms with Crippen molar-refractivity contribution in [3.05, 3.63) is 96.8 Å². The molecule has 1 aliphatic heterocycles. The first-order valence-corrected chi connectivity index (χ1v) is 11.8. The molecule has 2 aromatic heterocycles. The van der Waals surface area contributed by atoms with Gasteiger partial charge in [0.05, 0.1) is 17.7 Å². The van der Waals surface area contributed by atoms with Crippen LogP contribution in [0.3, 0.4) is 0 Å². The van der Waals surface area contributed by atoms with Crippen LogP contribution in [0.1, 0.15) is 5.56 Å². The van der Waals surface area contributed by atoms with Crippen molar-refractivity contribution in [2.24, 2.45) is 0 Å². The van der Waals surface area contributed by atoms with E-state index in [1.54, 1.807) is 18.3 Å². The fourth-order valence-corrected chi connectivity index (χ4v) is 4.39. The lowest BCUT2D eigenvalue weighted by Gasteiger charge is -2.18. The van der Waals surface area contributed by atoms with Crippen molar-refractivity contribution in [2.75, 3.05) is 10.2 Å². The lowest BCUT2D eigenvalue weighted by atomic mass is 10.2. The number of anilines is 3. The van der Waals surface area contributed by atoms with E-state index >= 15 is 0 Å². The van der Waals surface area contributed by atoms with Gasteiger partial charge in [0.15, 0.2) is 0 Å². The smallest absolute Gasteiger partial charge is 0.325 e. The molecule has 1 aliphatic rings. The zero-order chi connectivity index (χ0) is 26.2. The average Bonchev–Trinajstić information content (AvgIpc) is 3.07. The van der Waals surface area contributed by atoms with Crippen molar-refractivity contribution in [2.45, 2.75) is 16.9 Å². The largest absolute Gasteiger partial charge is 0.446 e. The summed E-state index contributed by atoms with van der Waals surface area (Å²) in [6.45, 7) is 3.79. The Morgan fingerprint density at radius 2 is 1.70 bits per heavy atom. The van der Waals surface area contributed by atoms with E-state index in [1.165, 1.54) is 29.2 Å². The summed E-state index contributed by atoms with van der Waals surface area (Å²) in [5, 5.41) is 4.14. The van der Waals surface area contributed by atoms with E-state index in [0.29, 0.717) is 17.2 Å². The van der Waals surface area contributed by atoms with Gasteiger partial charge >= 0.3 is 11.5 Å². The number of nitrogens with one attached hydrogen (secondary N) is 1. The zero-order valence-electron chi connectivity index (χ0n) is 19.1. The number of urea groups is 1. The summed E-state index contributed by atoms with van der Waals surface area (Å²) in [7, 11) is 0. The lowest BCUT2D eigenvalue weighted by molar-refractivity contribution is -0.114. The number of hydrogen-bond donors (Lipinski definition) is 1. The highest BCUT2D eigenvalue weighted by atomic mass is 32.2. The predicted octanol–water partition coefficient (Wildman–Crippen LogP) is 6.47. The summed E-state index contributed by atoms with van der Waals surface area (Å²) >= 11 is -0.274. The normalized spacial score (nSPS) is 14.1. The molecule has 3 amide bonds. The molecular formula is C26H18F3N5O2S. The number of imide groups is 1. The van der Waals surface area contributed by atoms with Crippen LogP contribution < -0.4 is 10.2 Å². The van der Waals surface area contributed by atoms with E-state index < -0.39 is 17.4 Å². The minimum Gasteiger partial charge on any atom is -0.325 e. The molecule has 0 spiro atoms. The highest BCUT2D eigenvalue weighted by molar-refractivity contribution is 8.00. The summed E-state index contributed by atoms with van der Waals surface area (Å²) in [4.78, 5) is 36.8. The number of pyridine rings is 2. The van der Waals surface area contributed by atoms with Crippen molar-refractivity contribution in [1.82, 2.24) is 14.9 Å². The summed E-state index contributed by atoms with van der Waals surface area (Å²) in [5.41, 5.74) is -2.81. The first-order chi connectivity index (χ1) is 17.7. The van der Waals surface area contributed by atoms with Crippen LogP contribution in [-0.2, 0) is 11.3 Å². The molecule has 1 saturated heterocycles. The standard InChI is InChI=1S/C26H18F3N5O2S/c1-16-24(35)34(19-7-9-20(10-8-19)37-26(27,28)29)25(36)33(16)15-17-12-13-30-23(14-17)32-22-11-6-18-4-2-3-5-21(18)31-22/h2-14H,1,15H2,(H,30,31,32). The fourth-order valence-electron chi connectivity index (χ4n) is 3.85. The molecule has 0 unspecified atom stereocenters. The van der Waals surface area contributed by atoms with Crippen molar-refractivity contribution >= 4 is 51.9 Å². The summed E-state index contributed by atoms with van der Waals surface area (Å²) < 4.78 is 37.8. The van der Waals surface area contributed by atoms with Crippen LogP contribution in [0.5, 0.6) is 0 Å². The molecule has 4 aromatic rings. The number of benzene rings is 2. The topological polar surface area (TPSA) is 78.4 Å². The molecule has 0 atom stereocenters. The van der Waals surface area contributed by atoms with Gasteiger partial charge in [-0.15, -0.1) is 0 Å². The van der Waals surface area contributed by atoms with E-state index in [9.17, 15) is 22.8 Å². The molecule has 0 bridgehead atoms. The number of amides is 3. The molecule has 186 valence electrons. The number of fused-ring (bicyclic) bond motifs is 1. The SMILES string of the molecule is C=C1C(=O)N(c2ccc(SC(F)(F)F)cc2)C(=O)N1Cc1ccnc(Nc2ccc3ccccc3n2)c1. The molecule has 11 heteroatoms. The van der Waals surface area contributed by atoms with Crippen LogP contribution >= 0.6 is 11.8 Å². The molecule has 7 nitrogen and oxygen atoms in total. The summed E-state index contributed by atoms with van der Waals surface area (Å²) in [6.07, 6.45) is 1.57. The van der Waals surface area contributed by atoms with Gasteiger partial charge in [-0.1, -0.05) is 24.8 Å². The third-order valence-corrected chi connectivity index (χ3v) is 6.29. The number of alkyl halides is 3. The Hall–Kier alpha value is -4.38. The van der Waals surface area contributed by atoms with E-state index in [2.05, 4.69) is 21.9 Å². The summed E-state index contributed by atoms with van der Waals surface area (Å²) in [6, 6.07) is 19.3. The molecule has 0 aliphatic carbocycles. The molecule has 0 saturated carbocycles. The average molecular weight is 522 g/mol. The Morgan fingerprint density at radius 1 is 0.946 bits per heavy atom. The molecular weight excluding hydrogens is 503 g/mol. The Balaban J connectivity index is 1.31. The number of hydrogen-bond acceptors (Lipinski definition) is 6. The maximum atomic E-state index is 13.1. The number of carbonyl (C=O) groups is 2. The van der Waals surface area contributed by atoms with Crippen molar-refractivity contribution in [3.63, 3.8) is 0 Å². The van der Waals surface area contributed by atoms with Gasteiger partial charge in [0.2, 0.25) is 0 Å². The van der Waals surface area contributed by atoms with Crippen LogP contribution in [0.2, 0.25) is 0 Å². The minimum atomic E-state index is -4.44. The Labute approximate surface area is 213 Å². The first-order valence-electron chi connectivity index (χ1n) is 11.0. The monoisotopic (exact) mass is 521 g/mol.